The Balaban J connectivity index is 1.66. The minimum absolute atomic E-state index is 0.254. The Morgan fingerprint density at radius 2 is 1.62 bits per heavy atom. The average molecular weight is 387 g/mol. The van der Waals surface area contributed by atoms with Crippen LogP contribution in [0.25, 0.3) is 11.1 Å². The molecule has 0 atom stereocenters. The maximum Gasteiger partial charge on any atom is 0.131 e. The largest absolute Gasteiger partial charge is 0.206 e. The monoisotopic (exact) mass is 386 g/mol. The number of aryl methyl sites for hydroxylation is 2. The van der Waals surface area contributed by atoms with Crippen LogP contribution in [0.5, 0.6) is 0 Å². The maximum absolute atomic E-state index is 14.6. The molecule has 0 aliphatic heterocycles. The van der Waals surface area contributed by atoms with E-state index in [0.717, 1.165) is 23.1 Å². The van der Waals surface area contributed by atoms with Gasteiger partial charge in [-0.1, -0.05) is 80.4 Å². The summed E-state index contributed by atoms with van der Waals surface area (Å²) in [6, 6.07) is 21.3. The third kappa shape index (κ3) is 5.95. The van der Waals surface area contributed by atoms with E-state index in [2.05, 4.69) is 29.3 Å². The smallest absolute Gasteiger partial charge is 0.131 e. The topological polar surface area (TPSA) is 24.7 Å². The van der Waals surface area contributed by atoms with Crippen LogP contribution in [0.1, 0.15) is 48.4 Å². The molecule has 0 saturated carbocycles. The highest BCUT2D eigenvalue weighted by Gasteiger charge is 2.06. The van der Waals surface area contributed by atoms with Gasteiger partial charge in [-0.05, 0) is 53.6 Å². The van der Waals surface area contributed by atoms with Crippen LogP contribution in [-0.4, -0.2) is 12.4 Å². The van der Waals surface area contributed by atoms with E-state index >= 15 is 0 Å². The van der Waals surface area contributed by atoms with Gasteiger partial charge in [-0.25, -0.2) is 4.39 Å². The molecule has 3 heteroatoms. The second-order valence-corrected chi connectivity index (χ2v) is 7.24. The highest BCUT2D eigenvalue weighted by Crippen LogP contribution is 2.24. The highest BCUT2D eigenvalue weighted by molar-refractivity contribution is 5.84. The first-order chi connectivity index (χ1) is 14.2. The maximum atomic E-state index is 14.6. The number of halogens is 1. The average Bonchev–Trinajstić information content (AvgIpc) is 2.73. The molecule has 0 amide bonds. The van der Waals surface area contributed by atoms with E-state index < -0.39 is 0 Å². The van der Waals surface area contributed by atoms with E-state index in [0.29, 0.717) is 11.1 Å². The molecular formula is C26H27FN2. The van der Waals surface area contributed by atoms with E-state index in [1.165, 1.54) is 30.9 Å². The Hall–Kier alpha value is -3.07. The summed E-state index contributed by atoms with van der Waals surface area (Å²) in [6.45, 7) is 4.23. The minimum atomic E-state index is -0.254. The van der Waals surface area contributed by atoms with Crippen molar-refractivity contribution in [3.8, 4) is 11.1 Å². The van der Waals surface area contributed by atoms with Crippen LogP contribution in [-0.2, 0) is 6.42 Å². The number of hydrogen-bond donors (Lipinski definition) is 0. The van der Waals surface area contributed by atoms with Crippen molar-refractivity contribution in [3.05, 3.63) is 94.8 Å². The SMILES string of the molecule is CCCCCc1ccc(-c2ccc(C=NN=Cc3ccccc3C)cc2F)cc1. The van der Waals surface area contributed by atoms with Gasteiger partial charge >= 0.3 is 0 Å². The number of hydrogen-bond acceptors (Lipinski definition) is 2. The third-order valence-corrected chi connectivity index (χ3v) is 4.99. The number of nitrogens with zero attached hydrogens (tertiary/aromatic N) is 2. The lowest BCUT2D eigenvalue weighted by atomic mass is 10.00. The summed E-state index contributed by atoms with van der Waals surface area (Å²) >= 11 is 0. The summed E-state index contributed by atoms with van der Waals surface area (Å²) in [6.07, 6.45) is 8.02. The van der Waals surface area contributed by atoms with Crippen LogP contribution in [0.4, 0.5) is 4.39 Å². The Labute approximate surface area is 172 Å². The summed E-state index contributed by atoms with van der Waals surface area (Å²) in [5, 5.41) is 8.12. The molecule has 148 valence electrons. The predicted octanol–water partition coefficient (Wildman–Crippen LogP) is 6.99. The first kappa shape index (κ1) is 20.7. The molecule has 3 rings (SSSR count). The normalized spacial score (nSPS) is 11.6. The lowest BCUT2D eigenvalue weighted by Gasteiger charge is -2.06. The lowest BCUT2D eigenvalue weighted by molar-refractivity contribution is 0.631. The van der Waals surface area contributed by atoms with Gasteiger partial charge in [-0.2, -0.15) is 10.2 Å². The molecule has 0 saturated heterocycles. The van der Waals surface area contributed by atoms with Crippen LogP contribution < -0.4 is 0 Å². The van der Waals surface area contributed by atoms with Crippen molar-refractivity contribution >= 4 is 12.4 Å². The van der Waals surface area contributed by atoms with Gasteiger partial charge < -0.3 is 0 Å². The summed E-state index contributed by atoms with van der Waals surface area (Å²) < 4.78 is 14.6. The van der Waals surface area contributed by atoms with Crippen molar-refractivity contribution < 1.29 is 4.39 Å². The number of unbranched alkanes of at least 4 members (excludes halogenated alkanes) is 2. The number of benzene rings is 3. The molecule has 0 aliphatic rings. The van der Waals surface area contributed by atoms with E-state index in [9.17, 15) is 4.39 Å². The van der Waals surface area contributed by atoms with E-state index in [4.69, 9.17) is 0 Å². The van der Waals surface area contributed by atoms with Crippen molar-refractivity contribution in [2.75, 3.05) is 0 Å². The molecule has 0 fully saturated rings. The zero-order valence-electron chi connectivity index (χ0n) is 17.1. The summed E-state index contributed by atoms with van der Waals surface area (Å²) in [4.78, 5) is 0. The quantitative estimate of drug-likeness (QED) is 0.226. The van der Waals surface area contributed by atoms with Crippen LogP contribution in [0.3, 0.4) is 0 Å². The van der Waals surface area contributed by atoms with Gasteiger partial charge in [0.1, 0.15) is 5.82 Å². The number of rotatable bonds is 8. The zero-order chi connectivity index (χ0) is 20.5. The first-order valence-electron chi connectivity index (χ1n) is 10.2. The van der Waals surface area contributed by atoms with Gasteiger partial charge in [0.2, 0.25) is 0 Å². The van der Waals surface area contributed by atoms with Gasteiger partial charge in [0, 0.05) is 5.56 Å². The van der Waals surface area contributed by atoms with Gasteiger partial charge in [-0.15, -0.1) is 0 Å². The summed E-state index contributed by atoms with van der Waals surface area (Å²) in [7, 11) is 0. The van der Waals surface area contributed by atoms with Gasteiger partial charge in [0.25, 0.3) is 0 Å². The van der Waals surface area contributed by atoms with Gasteiger partial charge in [0.15, 0.2) is 0 Å². The molecule has 0 N–H and O–H groups in total. The molecule has 2 nitrogen and oxygen atoms in total. The molecule has 0 aromatic heterocycles. The molecule has 0 radical (unpaired) electrons. The minimum Gasteiger partial charge on any atom is -0.206 e. The Kier molecular flexibility index (Phi) is 7.46. The molecule has 29 heavy (non-hydrogen) atoms. The van der Waals surface area contributed by atoms with Crippen LogP contribution in [0, 0.1) is 12.7 Å². The van der Waals surface area contributed by atoms with Crippen molar-refractivity contribution in [1.82, 2.24) is 0 Å². The molecular weight excluding hydrogens is 359 g/mol. The molecule has 0 bridgehead atoms. The van der Waals surface area contributed by atoms with E-state index in [1.807, 2.05) is 49.4 Å². The Morgan fingerprint density at radius 1 is 0.862 bits per heavy atom. The van der Waals surface area contributed by atoms with Gasteiger partial charge in [-0.3, -0.25) is 0 Å². The fourth-order valence-corrected chi connectivity index (χ4v) is 3.20. The second kappa shape index (κ2) is 10.5. The van der Waals surface area contributed by atoms with Gasteiger partial charge in [0.05, 0.1) is 12.4 Å². The fraction of sp³-hybridized carbons (Fsp3) is 0.231. The fourth-order valence-electron chi connectivity index (χ4n) is 3.20. The van der Waals surface area contributed by atoms with Crippen LogP contribution in [0.15, 0.2) is 76.9 Å². The van der Waals surface area contributed by atoms with Crippen molar-refractivity contribution in [1.29, 1.82) is 0 Å². The molecule has 0 unspecified atom stereocenters. The van der Waals surface area contributed by atoms with E-state index in [-0.39, 0.29) is 5.82 Å². The van der Waals surface area contributed by atoms with Crippen LogP contribution >= 0.6 is 0 Å². The Bertz CT molecular complexity index is 988. The zero-order valence-corrected chi connectivity index (χ0v) is 17.1. The summed E-state index contributed by atoms with van der Waals surface area (Å²) in [5.41, 5.74) is 5.64. The first-order valence-corrected chi connectivity index (χ1v) is 10.2. The molecule has 0 heterocycles. The highest BCUT2D eigenvalue weighted by atomic mass is 19.1. The van der Waals surface area contributed by atoms with Crippen molar-refractivity contribution in [2.45, 2.75) is 39.5 Å². The Morgan fingerprint density at radius 3 is 2.34 bits per heavy atom. The molecule has 0 spiro atoms. The molecule has 3 aromatic rings. The molecule has 3 aromatic carbocycles. The van der Waals surface area contributed by atoms with E-state index in [1.54, 1.807) is 18.5 Å². The van der Waals surface area contributed by atoms with Crippen LogP contribution in [0.2, 0.25) is 0 Å². The van der Waals surface area contributed by atoms with Crippen molar-refractivity contribution in [3.63, 3.8) is 0 Å². The van der Waals surface area contributed by atoms with Crippen molar-refractivity contribution in [2.24, 2.45) is 10.2 Å². The molecule has 0 aliphatic carbocycles. The lowest BCUT2D eigenvalue weighted by Crippen LogP contribution is -1.90. The third-order valence-electron chi connectivity index (χ3n) is 4.99. The standard InChI is InChI=1S/C26H27FN2/c1-3-4-5-9-21-11-14-23(15-12-21)25-16-13-22(17-26(25)27)18-28-29-19-24-10-7-6-8-20(24)2/h6-8,10-19H,3-5,9H2,1-2H3. The second-order valence-electron chi connectivity index (χ2n) is 7.24. The summed E-state index contributed by atoms with van der Waals surface area (Å²) in [5.74, 6) is -0.254. The predicted molar refractivity (Wildman–Crippen MR) is 121 cm³/mol.